The van der Waals surface area contributed by atoms with Crippen molar-refractivity contribution in [2.45, 2.75) is 43.1 Å². The van der Waals surface area contributed by atoms with Crippen LogP contribution in [0.25, 0.3) is 0 Å². The molecule has 9 heteroatoms. The van der Waals surface area contributed by atoms with Crippen molar-refractivity contribution in [2.75, 3.05) is 20.3 Å². The van der Waals surface area contributed by atoms with Gasteiger partial charge in [0.15, 0.2) is 12.4 Å². The Labute approximate surface area is 249 Å². The number of halogens is 1. The second kappa shape index (κ2) is 11.4. The number of aliphatic hydroxyl groups is 1. The van der Waals surface area contributed by atoms with Gasteiger partial charge in [-0.15, -0.1) is 0 Å². The van der Waals surface area contributed by atoms with Crippen molar-refractivity contribution >= 4 is 11.9 Å². The van der Waals surface area contributed by atoms with Crippen LogP contribution in [0.15, 0.2) is 118 Å². The second-order valence-corrected chi connectivity index (χ2v) is 11.0. The van der Waals surface area contributed by atoms with Crippen LogP contribution in [0.3, 0.4) is 0 Å². The highest BCUT2D eigenvalue weighted by Gasteiger charge is 2.49. The molecule has 8 nitrogen and oxygen atoms in total. The third-order valence-electron chi connectivity index (χ3n) is 8.58. The summed E-state index contributed by atoms with van der Waals surface area (Å²) in [6, 6.07) is 27.5. The van der Waals surface area contributed by atoms with E-state index in [2.05, 4.69) is 15.6 Å². The zero-order chi connectivity index (χ0) is 29.4. The fraction of sp³-hybridized carbons (Fsp3) is 0.294. The van der Waals surface area contributed by atoms with Crippen LogP contribution in [-0.4, -0.2) is 66.9 Å². The molecule has 4 atom stereocenters. The molecule has 3 aromatic rings. The van der Waals surface area contributed by atoms with Crippen molar-refractivity contribution in [1.82, 2.24) is 10.4 Å². The number of ether oxygens (including phenoxy) is 3. The summed E-state index contributed by atoms with van der Waals surface area (Å²) in [5.74, 6) is 0.718. The van der Waals surface area contributed by atoms with Gasteiger partial charge in [0.05, 0.1) is 26.5 Å². The highest BCUT2D eigenvalue weighted by Crippen LogP contribution is 2.43. The highest BCUT2D eigenvalue weighted by molar-refractivity contribution is 6.40. The maximum absolute atomic E-state index is 15.8. The van der Waals surface area contributed by atoms with Gasteiger partial charge < -0.3 is 24.7 Å². The summed E-state index contributed by atoms with van der Waals surface area (Å²) < 4.78 is 34.3. The Morgan fingerprint density at radius 2 is 1.65 bits per heavy atom. The largest absolute Gasteiger partial charge is 0.497 e. The fourth-order valence-electron chi connectivity index (χ4n) is 6.43. The standard InChI is InChI=1S/C34H33FN4O4/c1-41-27-16-14-26(15-17-27)34(24-8-4-2-5-9-24,25-10-6-3-7-11-25)42-21-29-32(40)31(35)33(43-29)39-20-23-13-12-22-18-36-37-19-28(38-39)30(22)23/h2-11,14-17,19-20,29,31-33,36,40H,12-13,18,21H2,1H3/t29-,31-,32-,33-/m1/s1. The smallest absolute Gasteiger partial charge is 0.184 e. The summed E-state index contributed by atoms with van der Waals surface area (Å²) in [5, 5.41) is 21.5. The molecule has 0 saturated carbocycles. The quantitative estimate of drug-likeness (QED) is 0.377. The van der Waals surface area contributed by atoms with Gasteiger partial charge in [0.25, 0.3) is 0 Å². The number of nitrogens with zero attached hydrogens (tertiary/aromatic N) is 3. The Balaban J connectivity index is 1.21. The number of alkyl halides is 1. The maximum atomic E-state index is 15.8. The lowest BCUT2D eigenvalue weighted by Crippen LogP contribution is -2.39. The lowest BCUT2D eigenvalue weighted by atomic mass is 9.80. The van der Waals surface area contributed by atoms with Gasteiger partial charge in [0.2, 0.25) is 0 Å². The van der Waals surface area contributed by atoms with E-state index < -0.39 is 30.2 Å². The maximum Gasteiger partial charge on any atom is 0.184 e. The van der Waals surface area contributed by atoms with Crippen molar-refractivity contribution in [3.05, 3.63) is 125 Å². The summed E-state index contributed by atoms with van der Waals surface area (Å²) in [6.07, 6.45) is 0.0822. The normalized spacial score (nSPS) is 24.7. The van der Waals surface area contributed by atoms with E-state index in [1.807, 2.05) is 91.1 Å². The molecule has 0 aromatic heterocycles. The molecule has 7 rings (SSSR count). The molecule has 0 amide bonds. The van der Waals surface area contributed by atoms with Crippen LogP contribution in [0.5, 0.6) is 5.75 Å². The van der Waals surface area contributed by atoms with Crippen LogP contribution >= 0.6 is 0 Å². The summed E-state index contributed by atoms with van der Waals surface area (Å²) in [5.41, 5.74) is 8.66. The van der Waals surface area contributed by atoms with Gasteiger partial charge >= 0.3 is 0 Å². The second-order valence-electron chi connectivity index (χ2n) is 11.0. The van der Waals surface area contributed by atoms with Crippen molar-refractivity contribution in [1.29, 1.82) is 0 Å². The number of methoxy groups -OCH3 is 1. The molecule has 0 bridgehead atoms. The summed E-state index contributed by atoms with van der Waals surface area (Å²) in [6.45, 7) is 0.598. The van der Waals surface area contributed by atoms with Crippen LogP contribution < -0.4 is 10.2 Å². The van der Waals surface area contributed by atoms with Crippen molar-refractivity contribution in [3.63, 3.8) is 0 Å². The van der Waals surface area contributed by atoms with Crippen LogP contribution in [0, 0.1) is 0 Å². The number of hydrogen-bond donors (Lipinski definition) is 2. The lowest BCUT2D eigenvalue weighted by Gasteiger charge is -2.37. The molecule has 0 spiro atoms. The van der Waals surface area contributed by atoms with E-state index in [-0.39, 0.29) is 6.61 Å². The number of allylic oxidation sites excluding steroid dienone is 2. The van der Waals surface area contributed by atoms with Crippen LogP contribution in [0.4, 0.5) is 4.39 Å². The SMILES string of the molecule is COc1ccc(C(OC[C@H]2O[C@@H](N3C=C4CCC5=C4C(=N3)C=NNC5)[C@H](F)[C@@H]2O)(c2ccccc2)c2ccccc2)cc1. The van der Waals surface area contributed by atoms with E-state index in [9.17, 15) is 5.11 Å². The molecule has 3 aliphatic heterocycles. The number of benzene rings is 3. The van der Waals surface area contributed by atoms with E-state index >= 15 is 4.39 Å². The first-order chi connectivity index (χ1) is 21.1. The minimum Gasteiger partial charge on any atom is -0.497 e. The number of rotatable bonds is 8. The van der Waals surface area contributed by atoms with E-state index in [1.54, 1.807) is 13.3 Å². The van der Waals surface area contributed by atoms with E-state index in [4.69, 9.17) is 14.2 Å². The Kier molecular flexibility index (Phi) is 7.30. The zero-order valence-electron chi connectivity index (χ0n) is 23.8. The van der Waals surface area contributed by atoms with Gasteiger partial charge in [-0.3, -0.25) is 0 Å². The third-order valence-corrected chi connectivity index (χ3v) is 8.58. The van der Waals surface area contributed by atoms with Crippen LogP contribution in [-0.2, 0) is 15.1 Å². The molecular formula is C34H33FN4O4. The monoisotopic (exact) mass is 580 g/mol. The molecule has 43 heavy (non-hydrogen) atoms. The first-order valence-corrected chi connectivity index (χ1v) is 14.5. The predicted molar refractivity (Wildman–Crippen MR) is 161 cm³/mol. The highest BCUT2D eigenvalue weighted by atomic mass is 19.1. The third kappa shape index (κ3) is 4.83. The van der Waals surface area contributed by atoms with E-state index in [1.165, 1.54) is 10.6 Å². The van der Waals surface area contributed by atoms with Gasteiger partial charge in [-0.2, -0.15) is 10.2 Å². The van der Waals surface area contributed by atoms with Crippen molar-refractivity contribution < 1.29 is 23.7 Å². The Morgan fingerprint density at radius 3 is 2.33 bits per heavy atom. The van der Waals surface area contributed by atoms with Crippen LogP contribution in [0.1, 0.15) is 29.5 Å². The lowest BCUT2D eigenvalue weighted by molar-refractivity contribution is -0.105. The van der Waals surface area contributed by atoms with Gasteiger partial charge in [0.1, 0.15) is 29.3 Å². The van der Waals surface area contributed by atoms with Crippen molar-refractivity contribution in [2.24, 2.45) is 10.2 Å². The first kappa shape index (κ1) is 27.5. The van der Waals surface area contributed by atoms with Crippen molar-refractivity contribution in [3.8, 4) is 5.75 Å². The number of nitrogens with one attached hydrogen (secondary N) is 1. The Bertz CT molecular complexity index is 1550. The molecule has 3 heterocycles. The number of aliphatic hydroxyl groups excluding tert-OH is 1. The summed E-state index contributed by atoms with van der Waals surface area (Å²) >= 11 is 0. The molecule has 0 radical (unpaired) electrons. The molecule has 4 aliphatic rings. The molecule has 1 fully saturated rings. The summed E-state index contributed by atoms with van der Waals surface area (Å²) in [4.78, 5) is 0. The Hall–Kier alpha value is -4.31. The molecule has 3 aromatic carbocycles. The van der Waals surface area contributed by atoms with Crippen LogP contribution in [0.2, 0.25) is 0 Å². The molecular weight excluding hydrogens is 547 g/mol. The number of hydrazone groups is 2. The van der Waals surface area contributed by atoms with Gasteiger partial charge in [-0.25, -0.2) is 9.40 Å². The molecule has 1 aliphatic carbocycles. The first-order valence-electron chi connectivity index (χ1n) is 14.5. The molecule has 0 unspecified atom stereocenters. The average Bonchev–Trinajstić information content (AvgIpc) is 3.52. The Morgan fingerprint density at radius 1 is 0.977 bits per heavy atom. The molecule has 220 valence electrons. The van der Waals surface area contributed by atoms with Gasteiger partial charge in [-0.1, -0.05) is 72.8 Å². The topological polar surface area (TPSA) is 87.9 Å². The minimum absolute atomic E-state index is 0.0738. The molecule has 1 saturated heterocycles. The predicted octanol–water partition coefficient (Wildman–Crippen LogP) is 4.66. The zero-order valence-corrected chi connectivity index (χ0v) is 23.8. The van der Waals surface area contributed by atoms with Gasteiger partial charge in [0, 0.05) is 11.8 Å². The minimum atomic E-state index is -1.70. The number of hydrogen-bond acceptors (Lipinski definition) is 8. The summed E-state index contributed by atoms with van der Waals surface area (Å²) in [7, 11) is 1.63. The fourth-order valence-corrected chi connectivity index (χ4v) is 6.43. The van der Waals surface area contributed by atoms with E-state index in [0.29, 0.717) is 12.3 Å². The van der Waals surface area contributed by atoms with Gasteiger partial charge in [-0.05, 0) is 52.8 Å². The molecule has 2 N–H and O–H groups in total. The average molecular weight is 581 g/mol. The van der Waals surface area contributed by atoms with E-state index in [0.717, 1.165) is 46.4 Å².